The number of fused-ring (bicyclic) bond motifs is 1. The molecule has 0 saturated heterocycles. The topological polar surface area (TPSA) is 111 Å². The SMILES string of the molecule is CNC(=O)CN(C)C(=O)Cn1c(Cl)nc2c1c(=O)n(C)c(=O)n2C. The van der Waals surface area contributed by atoms with Gasteiger partial charge in [0.05, 0.1) is 6.54 Å². The predicted molar refractivity (Wildman–Crippen MR) is 86.9 cm³/mol. The maximum Gasteiger partial charge on any atom is 0.332 e. The van der Waals surface area contributed by atoms with Gasteiger partial charge in [0, 0.05) is 28.2 Å². The van der Waals surface area contributed by atoms with Gasteiger partial charge in [-0.15, -0.1) is 0 Å². The number of halogens is 1. The first kappa shape index (κ1) is 17.7. The van der Waals surface area contributed by atoms with E-state index in [9.17, 15) is 19.2 Å². The number of hydrogen-bond acceptors (Lipinski definition) is 5. The number of likely N-dealkylation sites (N-methyl/N-ethyl adjacent to an activating group) is 2. The Labute approximate surface area is 141 Å². The zero-order chi connectivity index (χ0) is 18.2. The van der Waals surface area contributed by atoms with Crippen LogP contribution in [0.4, 0.5) is 0 Å². The zero-order valence-corrected chi connectivity index (χ0v) is 14.4. The molecule has 0 aliphatic heterocycles. The summed E-state index contributed by atoms with van der Waals surface area (Å²) in [6.07, 6.45) is 0. The number of aromatic nitrogens is 4. The van der Waals surface area contributed by atoms with Gasteiger partial charge in [-0.05, 0) is 11.6 Å². The normalized spacial score (nSPS) is 10.9. The van der Waals surface area contributed by atoms with Crippen LogP contribution in [0.2, 0.25) is 5.28 Å². The highest BCUT2D eigenvalue weighted by Crippen LogP contribution is 2.15. The van der Waals surface area contributed by atoms with Gasteiger partial charge in [-0.3, -0.25) is 28.1 Å². The van der Waals surface area contributed by atoms with Gasteiger partial charge in [-0.2, -0.15) is 4.98 Å². The van der Waals surface area contributed by atoms with Crippen LogP contribution in [0, 0.1) is 0 Å². The van der Waals surface area contributed by atoms with Crippen molar-refractivity contribution in [1.82, 2.24) is 28.9 Å². The maximum atomic E-state index is 12.4. The van der Waals surface area contributed by atoms with Crippen LogP contribution in [0.25, 0.3) is 11.2 Å². The minimum Gasteiger partial charge on any atom is -0.358 e. The van der Waals surface area contributed by atoms with Crippen molar-refractivity contribution in [2.75, 3.05) is 20.6 Å². The number of imidazole rings is 1. The minimum absolute atomic E-state index is 0.0475. The van der Waals surface area contributed by atoms with Gasteiger partial charge in [0.2, 0.25) is 17.1 Å². The summed E-state index contributed by atoms with van der Waals surface area (Å²) < 4.78 is 3.31. The van der Waals surface area contributed by atoms with Crippen LogP contribution in [0.5, 0.6) is 0 Å². The van der Waals surface area contributed by atoms with Crippen molar-refractivity contribution in [3.8, 4) is 0 Å². The van der Waals surface area contributed by atoms with E-state index in [0.717, 1.165) is 4.57 Å². The fraction of sp³-hybridized carbons (Fsp3) is 0.462. The molecule has 10 nitrogen and oxygen atoms in total. The second-order valence-electron chi connectivity index (χ2n) is 5.27. The van der Waals surface area contributed by atoms with E-state index in [1.54, 1.807) is 0 Å². The number of nitrogens with zero attached hydrogens (tertiary/aromatic N) is 5. The highest BCUT2D eigenvalue weighted by molar-refractivity contribution is 6.29. The molecule has 2 amide bonds. The molecule has 0 aliphatic rings. The molecule has 0 aromatic carbocycles. The summed E-state index contributed by atoms with van der Waals surface area (Å²) in [7, 11) is 5.70. The molecule has 0 saturated carbocycles. The third-order valence-electron chi connectivity index (χ3n) is 3.68. The van der Waals surface area contributed by atoms with E-state index in [1.807, 2.05) is 0 Å². The number of rotatable bonds is 4. The highest BCUT2D eigenvalue weighted by Gasteiger charge is 2.21. The summed E-state index contributed by atoms with van der Waals surface area (Å²) in [5.74, 6) is -0.763. The zero-order valence-electron chi connectivity index (χ0n) is 13.7. The summed E-state index contributed by atoms with van der Waals surface area (Å²) in [6, 6.07) is 0. The fourth-order valence-electron chi connectivity index (χ4n) is 2.20. The molecule has 0 atom stereocenters. The van der Waals surface area contributed by atoms with Crippen LogP contribution in [-0.2, 0) is 30.2 Å². The van der Waals surface area contributed by atoms with Crippen LogP contribution in [0.3, 0.4) is 0 Å². The van der Waals surface area contributed by atoms with E-state index in [4.69, 9.17) is 11.6 Å². The standard InChI is InChI=1S/C13H17ClN6O4/c1-15-7(21)5-17(2)8(22)6-20-9-10(16-12(20)14)18(3)13(24)19(4)11(9)23/h5-6H2,1-4H3,(H,15,21). The third-order valence-corrected chi connectivity index (χ3v) is 3.97. The minimum atomic E-state index is -0.603. The van der Waals surface area contributed by atoms with E-state index in [-0.39, 0.29) is 35.4 Å². The average Bonchev–Trinajstić information content (AvgIpc) is 2.87. The van der Waals surface area contributed by atoms with Gasteiger partial charge in [-0.1, -0.05) is 0 Å². The van der Waals surface area contributed by atoms with Crippen molar-refractivity contribution >= 4 is 34.6 Å². The first-order valence-electron chi connectivity index (χ1n) is 6.95. The smallest absolute Gasteiger partial charge is 0.332 e. The van der Waals surface area contributed by atoms with Gasteiger partial charge in [0.1, 0.15) is 6.54 Å². The molecule has 2 aromatic heterocycles. The molecular formula is C13H17ClN6O4. The second kappa shape index (κ2) is 6.48. The Morgan fingerprint density at radius 1 is 1.25 bits per heavy atom. The predicted octanol–water partition coefficient (Wildman–Crippen LogP) is -1.71. The Hall–Kier alpha value is -2.62. The van der Waals surface area contributed by atoms with E-state index >= 15 is 0 Å². The van der Waals surface area contributed by atoms with Crippen LogP contribution in [-0.4, -0.2) is 56.0 Å². The Balaban J connectivity index is 2.49. The van der Waals surface area contributed by atoms with Gasteiger partial charge < -0.3 is 10.2 Å². The third kappa shape index (κ3) is 2.92. The molecule has 130 valence electrons. The molecule has 0 spiro atoms. The lowest BCUT2D eigenvalue weighted by Gasteiger charge is -2.16. The van der Waals surface area contributed by atoms with Crippen molar-refractivity contribution in [1.29, 1.82) is 0 Å². The van der Waals surface area contributed by atoms with E-state index in [1.165, 1.54) is 42.2 Å². The van der Waals surface area contributed by atoms with E-state index < -0.39 is 17.2 Å². The molecule has 0 fully saturated rings. The Morgan fingerprint density at radius 2 is 1.88 bits per heavy atom. The van der Waals surface area contributed by atoms with Gasteiger partial charge in [0.25, 0.3) is 5.56 Å². The lowest BCUT2D eigenvalue weighted by molar-refractivity contribution is -0.135. The molecule has 2 aromatic rings. The molecule has 2 heterocycles. The van der Waals surface area contributed by atoms with Crippen molar-refractivity contribution < 1.29 is 9.59 Å². The first-order valence-corrected chi connectivity index (χ1v) is 7.33. The Bertz CT molecular complexity index is 941. The van der Waals surface area contributed by atoms with Crippen molar-refractivity contribution in [2.24, 2.45) is 14.1 Å². The molecule has 0 unspecified atom stereocenters. The van der Waals surface area contributed by atoms with E-state index in [2.05, 4.69) is 10.3 Å². The monoisotopic (exact) mass is 356 g/mol. The number of hydrogen-bond donors (Lipinski definition) is 1. The summed E-state index contributed by atoms with van der Waals surface area (Å²) in [4.78, 5) is 53.1. The van der Waals surface area contributed by atoms with Crippen LogP contribution in [0.15, 0.2) is 9.59 Å². The van der Waals surface area contributed by atoms with Crippen LogP contribution < -0.4 is 16.6 Å². The molecule has 2 rings (SSSR count). The summed E-state index contributed by atoms with van der Waals surface area (Å²) >= 11 is 6.04. The largest absolute Gasteiger partial charge is 0.358 e. The molecule has 0 radical (unpaired) electrons. The molecule has 0 aliphatic carbocycles. The first-order chi connectivity index (χ1) is 11.2. The molecule has 1 N–H and O–H groups in total. The van der Waals surface area contributed by atoms with Crippen molar-refractivity contribution in [3.05, 3.63) is 26.1 Å². The number of nitrogens with one attached hydrogen (secondary N) is 1. The Morgan fingerprint density at radius 3 is 2.46 bits per heavy atom. The lowest BCUT2D eigenvalue weighted by atomic mass is 10.4. The lowest BCUT2D eigenvalue weighted by Crippen LogP contribution is -2.40. The summed E-state index contributed by atoms with van der Waals surface area (Å²) in [5.41, 5.74) is -1.01. The number of amides is 2. The van der Waals surface area contributed by atoms with Gasteiger partial charge in [-0.25, -0.2) is 4.79 Å². The Kier molecular flexibility index (Phi) is 4.78. The molecule has 11 heteroatoms. The fourth-order valence-corrected chi connectivity index (χ4v) is 2.43. The van der Waals surface area contributed by atoms with Crippen LogP contribution in [0.1, 0.15) is 0 Å². The maximum absolute atomic E-state index is 12.4. The van der Waals surface area contributed by atoms with Gasteiger partial charge in [0.15, 0.2) is 11.2 Å². The quantitative estimate of drug-likeness (QED) is 0.656. The number of carbonyl (C=O) groups excluding carboxylic acids is 2. The van der Waals surface area contributed by atoms with Gasteiger partial charge >= 0.3 is 5.69 Å². The highest BCUT2D eigenvalue weighted by atomic mass is 35.5. The van der Waals surface area contributed by atoms with Crippen molar-refractivity contribution in [2.45, 2.75) is 6.54 Å². The molecule has 24 heavy (non-hydrogen) atoms. The summed E-state index contributed by atoms with van der Waals surface area (Å²) in [6.45, 7) is -0.410. The second-order valence-corrected chi connectivity index (χ2v) is 5.61. The molecule has 0 bridgehead atoms. The number of aryl methyl sites for hydroxylation is 1. The molecular weight excluding hydrogens is 340 g/mol. The summed E-state index contributed by atoms with van der Waals surface area (Å²) in [5, 5.41) is 2.32. The van der Waals surface area contributed by atoms with Crippen LogP contribution >= 0.6 is 11.6 Å². The van der Waals surface area contributed by atoms with Crippen molar-refractivity contribution in [3.63, 3.8) is 0 Å². The van der Waals surface area contributed by atoms with E-state index in [0.29, 0.717) is 0 Å². The number of carbonyl (C=O) groups is 2. The average molecular weight is 357 g/mol.